The molecule has 2 saturated carbocycles. The fourth-order valence-electron chi connectivity index (χ4n) is 3.21. The lowest BCUT2D eigenvalue weighted by Crippen LogP contribution is -2.39. The highest BCUT2D eigenvalue weighted by atomic mass is 16.3. The number of rotatable bonds is 7. The van der Waals surface area contributed by atoms with Crippen LogP contribution in [0.3, 0.4) is 0 Å². The Morgan fingerprint density at radius 2 is 1.95 bits per heavy atom. The van der Waals surface area contributed by atoms with E-state index < -0.39 is 0 Å². The van der Waals surface area contributed by atoms with Gasteiger partial charge in [0, 0.05) is 13.1 Å². The van der Waals surface area contributed by atoms with Crippen LogP contribution in [0.4, 0.5) is 0 Å². The van der Waals surface area contributed by atoms with Crippen molar-refractivity contribution in [2.75, 3.05) is 13.1 Å². The molecule has 0 spiro atoms. The van der Waals surface area contributed by atoms with Gasteiger partial charge in [-0.05, 0) is 76.3 Å². The van der Waals surface area contributed by atoms with Crippen molar-refractivity contribution in [2.45, 2.75) is 52.5 Å². The zero-order valence-electron chi connectivity index (χ0n) is 14.1. The van der Waals surface area contributed by atoms with Crippen LogP contribution in [-0.2, 0) is 0 Å². The maximum absolute atomic E-state index is 5.70. The summed E-state index contributed by atoms with van der Waals surface area (Å²) >= 11 is 0. The Labute approximate surface area is 133 Å². The Morgan fingerprint density at radius 1 is 1.27 bits per heavy atom. The van der Waals surface area contributed by atoms with E-state index in [1.807, 2.05) is 19.1 Å². The van der Waals surface area contributed by atoms with Crippen molar-refractivity contribution in [1.82, 2.24) is 10.6 Å². The van der Waals surface area contributed by atoms with Crippen LogP contribution >= 0.6 is 0 Å². The molecular formula is C18H29N3O. The minimum Gasteiger partial charge on any atom is -0.464 e. The maximum atomic E-state index is 5.70. The smallest absolute Gasteiger partial charge is 0.191 e. The number of aliphatic imine (C=N–C) groups is 1. The molecule has 1 aromatic rings. The normalized spacial score (nSPS) is 20.3. The second-order valence-electron chi connectivity index (χ2n) is 6.87. The molecule has 2 N–H and O–H groups in total. The van der Waals surface area contributed by atoms with Gasteiger partial charge in [0.05, 0.1) is 6.04 Å². The van der Waals surface area contributed by atoms with Crippen molar-refractivity contribution in [3.63, 3.8) is 0 Å². The van der Waals surface area contributed by atoms with Gasteiger partial charge in [0.15, 0.2) is 5.96 Å². The number of hydrogen-bond donors (Lipinski definition) is 2. The van der Waals surface area contributed by atoms with Gasteiger partial charge in [0.1, 0.15) is 11.5 Å². The molecule has 0 bridgehead atoms. The molecule has 2 aliphatic carbocycles. The third-order valence-corrected chi connectivity index (χ3v) is 4.80. The van der Waals surface area contributed by atoms with E-state index in [0.717, 1.165) is 48.3 Å². The molecule has 22 heavy (non-hydrogen) atoms. The summed E-state index contributed by atoms with van der Waals surface area (Å²) in [6.45, 7) is 8.05. The fraction of sp³-hybridized carbons (Fsp3) is 0.722. The van der Waals surface area contributed by atoms with E-state index in [-0.39, 0.29) is 6.04 Å². The molecule has 2 fully saturated rings. The van der Waals surface area contributed by atoms with Crippen molar-refractivity contribution in [2.24, 2.45) is 22.7 Å². The molecule has 1 heterocycles. The molecule has 0 radical (unpaired) electrons. The summed E-state index contributed by atoms with van der Waals surface area (Å²) in [7, 11) is 0. The third-order valence-electron chi connectivity index (χ3n) is 4.80. The Kier molecular flexibility index (Phi) is 4.74. The van der Waals surface area contributed by atoms with Gasteiger partial charge in [-0.2, -0.15) is 0 Å². The van der Waals surface area contributed by atoms with Crippen molar-refractivity contribution < 1.29 is 4.42 Å². The fourth-order valence-corrected chi connectivity index (χ4v) is 3.21. The van der Waals surface area contributed by atoms with Gasteiger partial charge in [-0.1, -0.05) is 0 Å². The average molecular weight is 303 g/mol. The molecule has 122 valence electrons. The van der Waals surface area contributed by atoms with Gasteiger partial charge < -0.3 is 15.1 Å². The van der Waals surface area contributed by atoms with Crippen LogP contribution in [0, 0.1) is 24.7 Å². The van der Waals surface area contributed by atoms with Crippen molar-refractivity contribution in [3.05, 3.63) is 23.7 Å². The Morgan fingerprint density at radius 3 is 2.45 bits per heavy atom. The molecule has 0 amide bonds. The standard InChI is InChI=1S/C18H29N3O/c1-4-19-18(21-13(3)17-10-5-12(2)22-17)20-11-16(14-6-7-14)15-8-9-15/h5,10,13-16H,4,6-9,11H2,1-3H3,(H2,19,20,21). The van der Waals surface area contributed by atoms with Crippen LogP contribution in [0.5, 0.6) is 0 Å². The number of nitrogens with one attached hydrogen (secondary N) is 2. The van der Waals surface area contributed by atoms with E-state index >= 15 is 0 Å². The van der Waals surface area contributed by atoms with E-state index in [1.165, 1.54) is 25.7 Å². The molecule has 0 aliphatic heterocycles. The Balaban J connectivity index is 1.59. The van der Waals surface area contributed by atoms with Crippen LogP contribution in [0.1, 0.15) is 57.1 Å². The van der Waals surface area contributed by atoms with E-state index in [0.29, 0.717) is 0 Å². The number of nitrogens with zero attached hydrogens (tertiary/aromatic N) is 1. The molecule has 0 saturated heterocycles. The monoisotopic (exact) mass is 303 g/mol. The second kappa shape index (κ2) is 6.76. The predicted molar refractivity (Wildman–Crippen MR) is 89.9 cm³/mol. The first-order valence-corrected chi connectivity index (χ1v) is 8.78. The SMILES string of the molecule is CCNC(=NCC(C1CC1)C1CC1)NC(C)c1ccc(C)o1. The highest BCUT2D eigenvalue weighted by molar-refractivity contribution is 5.80. The highest BCUT2D eigenvalue weighted by Crippen LogP contribution is 2.49. The summed E-state index contributed by atoms with van der Waals surface area (Å²) in [5, 5.41) is 6.83. The molecule has 1 aromatic heterocycles. The predicted octanol–water partition coefficient (Wildman–Crippen LogP) is 3.64. The summed E-state index contributed by atoms with van der Waals surface area (Å²) in [6, 6.07) is 4.17. The van der Waals surface area contributed by atoms with E-state index in [1.54, 1.807) is 0 Å². The van der Waals surface area contributed by atoms with E-state index in [9.17, 15) is 0 Å². The Bertz CT molecular complexity index is 502. The zero-order valence-corrected chi connectivity index (χ0v) is 14.1. The van der Waals surface area contributed by atoms with Gasteiger partial charge in [-0.25, -0.2) is 0 Å². The van der Waals surface area contributed by atoms with E-state index in [2.05, 4.69) is 24.5 Å². The largest absolute Gasteiger partial charge is 0.464 e. The van der Waals surface area contributed by atoms with Gasteiger partial charge >= 0.3 is 0 Å². The molecule has 3 rings (SSSR count). The summed E-state index contributed by atoms with van der Waals surface area (Å²) in [6.07, 6.45) is 5.68. The van der Waals surface area contributed by atoms with Crippen LogP contribution in [0.15, 0.2) is 21.5 Å². The lowest BCUT2D eigenvalue weighted by Gasteiger charge is -2.18. The molecule has 1 unspecified atom stereocenters. The second-order valence-corrected chi connectivity index (χ2v) is 6.87. The third kappa shape index (κ3) is 4.05. The molecule has 0 aromatic carbocycles. The van der Waals surface area contributed by atoms with Crippen molar-refractivity contribution >= 4 is 5.96 Å². The number of hydrogen-bond acceptors (Lipinski definition) is 2. The quantitative estimate of drug-likeness (QED) is 0.597. The Hall–Kier alpha value is -1.45. The van der Waals surface area contributed by atoms with Crippen LogP contribution in [0.2, 0.25) is 0 Å². The number of furan rings is 1. The van der Waals surface area contributed by atoms with Gasteiger partial charge in [-0.15, -0.1) is 0 Å². The van der Waals surface area contributed by atoms with Gasteiger partial charge in [0.25, 0.3) is 0 Å². The molecular weight excluding hydrogens is 274 g/mol. The minimum atomic E-state index is 0.131. The lowest BCUT2D eigenvalue weighted by molar-refractivity contribution is 0.414. The molecule has 1 atom stereocenters. The highest BCUT2D eigenvalue weighted by Gasteiger charge is 2.41. The van der Waals surface area contributed by atoms with Crippen molar-refractivity contribution in [1.29, 1.82) is 0 Å². The van der Waals surface area contributed by atoms with Crippen molar-refractivity contribution in [3.8, 4) is 0 Å². The van der Waals surface area contributed by atoms with Crippen LogP contribution < -0.4 is 10.6 Å². The van der Waals surface area contributed by atoms with Gasteiger partial charge in [0.2, 0.25) is 0 Å². The van der Waals surface area contributed by atoms with Crippen LogP contribution in [0.25, 0.3) is 0 Å². The number of guanidine groups is 1. The summed E-state index contributed by atoms with van der Waals surface area (Å²) in [5.41, 5.74) is 0. The van der Waals surface area contributed by atoms with E-state index in [4.69, 9.17) is 9.41 Å². The van der Waals surface area contributed by atoms with Crippen LogP contribution in [-0.4, -0.2) is 19.0 Å². The molecule has 4 heteroatoms. The minimum absolute atomic E-state index is 0.131. The first-order chi connectivity index (χ1) is 10.7. The summed E-state index contributed by atoms with van der Waals surface area (Å²) < 4.78 is 5.70. The van der Waals surface area contributed by atoms with Gasteiger partial charge in [-0.3, -0.25) is 4.99 Å². The first kappa shape index (κ1) is 15.4. The molecule has 2 aliphatic rings. The topological polar surface area (TPSA) is 49.6 Å². The average Bonchev–Trinajstić information content (AvgIpc) is 3.40. The number of aryl methyl sites for hydroxylation is 1. The maximum Gasteiger partial charge on any atom is 0.191 e. The lowest BCUT2D eigenvalue weighted by atomic mass is 9.98. The first-order valence-electron chi connectivity index (χ1n) is 8.78. The summed E-state index contributed by atoms with van der Waals surface area (Å²) in [4.78, 5) is 4.86. The summed E-state index contributed by atoms with van der Waals surface area (Å²) in [5.74, 6) is 5.54. The molecule has 4 nitrogen and oxygen atoms in total. The zero-order chi connectivity index (χ0) is 15.5.